The van der Waals surface area contributed by atoms with E-state index in [0.717, 1.165) is 0 Å². The molecule has 2 aromatic rings. The zero-order valence-electron chi connectivity index (χ0n) is 7.71. The van der Waals surface area contributed by atoms with Crippen molar-refractivity contribution in [2.75, 3.05) is 5.73 Å². The number of hydrogen-bond acceptors (Lipinski definition) is 3. The van der Waals surface area contributed by atoms with Crippen molar-refractivity contribution in [2.24, 2.45) is 0 Å². The number of nitrogens with two attached hydrogens (primary N) is 1. The number of aromatic nitrogens is 3. The second kappa shape index (κ2) is 2.85. The lowest BCUT2D eigenvalue weighted by atomic mass is 10.2. The lowest BCUT2D eigenvalue weighted by Gasteiger charge is -2.10. The molecule has 80 valence electrons. The molecule has 0 amide bonds. The van der Waals surface area contributed by atoms with Gasteiger partial charge in [-0.15, -0.1) is 10.2 Å². The van der Waals surface area contributed by atoms with Crippen molar-refractivity contribution in [1.29, 1.82) is 0 Å². The number of aryl methyl sites for hydroxylation is 1. The molecule has 0 bridgehead atoms. The monoisotopic (exact) mass is 216 g/mol. The third kappa shape index (κ3) is 1.39. The number of nitrogens with zero attached hydrogens (tertiary/aromatic N) is 3. The van der Waals surface area contributed by atoms with E-state index in [1.807, 2.05) is 0 Å². The van der Waals surface area contributed by atoms with Crippen LogP contribution in [0.3, 0.4) is 0 Å². The van der Waals surface area contributed by atoms with Crippen molar-refractivity contribution < 1.29 is 13.2 Å². The second-order valence-electron chi connectivity index (χ2n) is 3.08. The van der Waals surface area contributed by atoms with Crippen LogP contribution in [0.5, 0.6) is 0 Å². The maximum absolute atomic E-state index is 12.6. The van der Waals surface area contributed by atoms with E-state index in [9.17, 15) is 13.2 Å². The van der Waals surface area contributed by atoms with E-state index in [1.165, 1.54) is 16.7 Å². The number of rotatable bonds is 0. The molecule has 0 spiro atoms. The minimum atomic E-state index is -4.52. The molecule has 0 aromatic carbocycles. The number of nitrogen functional groups attached to an aromatic ring is 1. The highest BCUT2D eigenvalue weighted by atomic mass is 19.4. The molecule has 2 heterocycles. The van der Waals surface area contributed by atoms with Crippen LogP contribution in [0.25, 0.3) is 5.65 Å². The first-order valence-corrected chi connectivity index (χ1v) is 4.08. The fourth-order valence-electron chi connectivity index (χ4n) is 1.38. The van der Waals surface area contributed by atoms with Crippen LogP contribution >= 0.6 is 0 Å². The summed E-state index contributed by atoms with van der Waals surface area (Å²) < 4.78 is 39.1. The van der Waals surface area contributed by atoms with Gasteiger partial charge in [0.05, 0.1) is 0 Å². The Labute approximate surface area is 82.5 Å². The molecule has 2 N–H and O–H groups in total. The van der Waals surface area contributed by atoms with Crippen LogP contribution in [0.2, 0.25) is 0 Å². The van der Waals surface area contributed by atoms with Crippen molar-refractivity contribution in [3.05, 3.63) is 23.7 Å². The summed E-state index contributed by atoms with van der Waals surface area (Å²) >= 11 is 0. The van der Waals surface area contributed by atoms with Crippen LogP contribution in [0, 0.1) is 6.92 Å². The van der Waals surface area contributed by atoms with Crippen molar-refractivity contribution in [3.8, 4) is 0 Å². The topological polar surface area (TPSA) is 56.2 Å². The summed E-state index contributed by atoms with van der Waals surface area (Å²) in [5, 5.41) is 7.03. The zero-order chi connectivity index (χ0) is 11.2. The van der Waals surface area contributed by atoms with Crippen LogP contribution in [0.4, 0.5) is 18.9 Å². The van der Waals surface area contributed by atoms with E-state index in [-0.39, 0.29) is 11.3 Å². The largest absolute Gasteiger partial charge is 0.422 e. The third-order valence-corrected chi connectivity index (χ3v) is 2.07. The Hall–Kier alpha value is -1.79. The predicted octanol–water partition coefficient (Wildman–Crippen LogP) is 1.64. The Morgan fingerprint density at radius 1 is 1.33 bits per heavy atom. The van der Waals surface area contributed by atoms with Gasteiger partial charge >= 0.3 is 6.18 Å². The lowest BCUT2D eigenvalue weighted by Crippen LogP contribution is -2.11. The summed E-state index contributed by atoms with van der Waals surface area (Å²) in [5.74, 6) is 0.385. The average molecular weight is 216 g/mol. The molecular formula is C8H7F3N4. The van der Waals surface area contributed by atoms with Crippen LogP contribution in [-0.2, 0) is 6.18 Å². The van der Waals surface area contributed by atoms with Gasteiger partial charge in [0.15, 0.2) is 5.65 Å². The molecule has 4 nitrogen and oxygen atoms in total. The Balaban J connectivity index is 2.87. The van der Waals surface area contributed by atoms with Crippen LogP contribution in [0.15, 0.2) is 12.3 Å². The number of hydrogen-bond donors (Lipinski definition) is 1. The highest BCUT2D eigenvalue weighted by molar-refractivity contribution is 5.63. The number of pyridine rings is 1. The van der Waals surface area contributed by atoms with Gasteiger partial charge in [0.1, 0.15) is 11.4 Å². The first-order chi connectivity index (χ1) is 6.91. The van der Waals surface area contributed by atoms with Crippen molar-refractivity contribution >= 4 is 11.3 Å². The molecule has 0 saturated carbocycles. The summed E-state index contributed by atoms with van der Waals surface area (Å²) in [4.78, 5) is 0. The van der Waals surface area contributed by atoms with Gasteiger partial charge < -0.3 is 5.73 Å². The highest BCUT2D eigenvalue weighted by Crippen LogP contribution is 2.35. The van der Waals surface area contributed by atoms with Crippen LogP contribution in [-0.4, -0.2) is 14.6 Å². The van der Waals surface area contributed by atoms with Gasteiger partial charge in [0.2, 0.25) is 0 Å². The average Bonchev–Trinajstić information content (AvgIpc) is 2.45. The second-order valence-corrected chi connectivity index (χ2v) is 3.08. The normalized spacial score (nSPS) is 12.3. The predicted molar refractivity (Wildman–Crippen MR) is 47.1 cm³/mol. The molecule has 0 unspecified atom stereocenters. The Bertz CT molecular complexity index is 514. The molecule has 0 aliphatic heterocycles. The number of alkyl halides is 3. The lowest BCUT2D eigenvalue weighted by molar-refractivity contribution is -0.136. The maximum atomic E-state index is 12.6. The van der Waals surface area contributed by atoms with E-state index in [0.29, 0.717) is 5.82 Å². The Kier molecular flexibility index (Phi) is 1.85. The molecule has 0 radical (unpaired) electrons. The van der Waals surface area contributed by atoms with Gasteiger partial charge in [-0.2, -0.15) is 13.2 Å². The maximum Gasteiger partial charge on any atom is 0.422 e. The van der Waals surface area contributed by atoms with E-state index >= 15 is 0 Å². The van der Waals surface area contributed by atoms with Gasteiger partial charge in [-0.3, -0.25) is 4.40 Å². The fraction of sp³-hybridized carbons (Fsp3) is 0.250. The Morgan fingerprint density at radius 2 is 2.00 bits per heavy atom. The molecule has 2 rings (SSSR count). The third-order valence-electron chi connectivity index (χ3n) is 2.07. The van der Waals surface area contributed by atoms with Gasteiger partial charge in [0.25, 0.3) is 0 Å². The van der Waals surface area contributed by atoms with E-state index < -0.39 is 11.7 Å². The molecule has 0 saturated heterocycles. The molecule has 0 fully saturated rings. The number of anilines is 1. The number of halogens is 3. The van der Waals surface area contributed by atoms with Gasteiger partial charge in [-0.25, -0.2) is 0 Å². The van der Waals surface area contributed by atoms with E-state index in [1.54, 1.807) is 6.92 Å². The molecule has 15 heavy (non-hydrogen) atoms. The zero-order valence-corrected chi connectivity index (χ0v) is 7.71. The first-order valence-electron chi connectivity index (χ1n) is 4.08. The summed E-state index contributed by atoms with van der Waals surface area (Å²) in [6.45, 7) is 1.57. The number of fused-ring (bicyclic) bond motifs is 1. The van der Waals surface area contributed by atoms with Crippen molar-refractivity contribution in [2.45, 2.75) is 13.1 Å². The van der Waals surface area contributed by atoms with Crippen LogP contribution < -0.4 is 5.73 Å². The summed E-state index contributed by atoms with van der Waals surface area (Å²) in [6, 6.07) is 1.19. The molecule has 7 heteroatoms. The van der Waals surface area contributed by atoms with E-state index in [4.69, 9.17) is 5.73 Å². The van der Waals surface area contributed by atoms with Crippen molar-refractivity contribution in [1.82, 2.24) is 14.6 Å². The van der Waals surface area contributed by atoms with Gasteiger partial charge in [-0.05, 0) is 13.0 Å². The molecule has 0 aliphatic rings. The molecule has 2 aromatic heterocycles. The molecular weight excluding hydrogens is 209 g/mol. The fourth-order valence-corrected chi connectivity index (χ4v) is 1.38. The standard InChI is InChI=1S/C8H7F3N4/c1-4-13-14-7-6(8(9,10)11)5(12)2-3-15(4)7/h2-3H,12H2,1H3. The van der Waals surface area contributed by atoms with Gasteiger partial charge in [0, 0.05) is 11.9 Å². The summed E-state index contributed by atoms with van der Waals surface area (Å²) in [7, 11) is 0. The Morgan fingerprint density at radius 3 is 2.60 bits per heavy atom. The van der Waals surface area contributed by atoms with Crippen molar-refractivity contribution in [3.63, 3.8) is 0 Å². The van der Waals surface area contributed by atoms with Crippen LogP contribution in [0.1, 0.15) is 11.4 Å². The quantitative estimate of drug-likeness (QED) is 0.728. The van der Waals surface area contributed by atoms with E-state index in [2.05, 4.69) is 10.2 Å². The molecule has 0 aliphatic carbocycles. The van der Waals surface area contributed by atoms with Gasteiger partial charge in [-0.1, -0.05) is 0 Å². The SMILES string of the molecule is Cc1nnc2c(C(F)(F)F)c(N)ccn12. The molecule has 0 atom stereocenters. The first kappa shape index (κ1) is 9.75. The summed E-state index contributed by atoms with van der Waals surface area (Å²) in [6.07, 6.45) is -3.11. The minimum Gasteiger partial charge on any atom is -0.398 e. The highest BCUT2D eigenvalue weighted by Gasteiger charge is 2.36. The minimum absolute atomic E-state index is 0.264. The summed E-state index contributed by atoms with van der Waals surface area (Å²) in [5.41, 5.74) is 3.73. The smallest absolute Gasteiger partial charge is 0.398 e.